The molecule has 1 saturated heterocycles. The predicted octanol–water partition coefficient (Wildman–Crippen LogP) is 0.225. The van der Waals surface area contributed by atoms with Crippen molar-refractivity contribution in [3.8, 4) is 0 Å². The van der Waals surface area contributed by atoms with Gasteiger partial charge in [0.15, 0.2) is 0 Å². The maximum absolute atomic E-state index is 11.5. The van der Waals surface area contributed by atoms with Crippen molar-refractivity contribution in [1.29, 1.82) is 0 Å². The zero-order valence-corrected chi connectivity index (χ0v) is 8.69. The monoisotopic (exact) mass is 215 g/mol. The Balaban J connectivity index is 2.11. The van der Waals surface area contributed by atoms with Crippen LogP contribution in [0.1, 0.15) is 32.1 Å². The minimum absolute atomic E-state index is 0.0249. The molecule has 1 aliphatic heterocycles. The Hall–Kier alpha value is -1.10. The maximum Gasteiger partial charge on any atom is 0.303 e. The lowest BCUT2D eigenvalue weighted by molar-refractivity contribution is -0.137. The number of β-amino-alcohol motifs (C(OH)–C–C–N with tert-alkyl or cyclic N) is 1. The molecule has 1 atom stereocenters. The lowest BCUT2D eigenvalue weighted by Crippen LogP contribution is -2.29. The molecule has 0 bridgehead atoms. The van der Waals surface area contributed by atoms with Crippen LogP contribution in [0.15, 0.2) is 0 Å². The second-order valence-electron chi connectivity index (χ2n) is 3.88. The molecule has 2 N–H and O–H groups in total. The van der Waals surface area contributed by atoms with Crippen molar-refractivity contribution >= 4 is 11.9 Å². The summed E-state index contributed by atoms with van der Waals surface area (Å²) in [5.74, 6) is -0.795. The first kappa shape index (κ1) is 12.0. The molecular formula is C10H17NO4. The summed E-state index contributed by atoms with van der Waals surface area (Å²) >= 11 is 0. The molecule has 1 heterocycles. The third-order valence-corrected chi connectivity index (χ3v) is 2.55. The number of hydrogen-bond acceptors (Lipinski definition) is 3. The van der Waals surface area contributed by atoms with Gasteiger partial charge in [0.1, 0.15) is 0 Å². The summed E-state index contributed by atoms with van der Waals surface area (Å²) in [4.78, 5) is 23.4. The van der Waals surface area contributed by atoms with Crippen LogP contribution in [-0.4, -0.2) is 46.2 Å². The average molecular weight is 215 g/mol. The molecule has 1 aliphatic rings. The van der Waals surface area contributed by atoms with E-state index in [1.165, 1.54) is 0 Å². The molecule has 1 fully saturated rings. The summed E-state index contributed by atoms with van der Waals surface area (Å²) in [5, 5.41) is 17.6. The number of amides is 1. The molecule has 0 unspecified atom stereocenters. The summed E-state index contributed by atoms with van der Waals surface area (Å²) in [7, 11) is 0. The molecule has 0 aromatic carbocycles. The van der Waals surface area contributed by atoms with E-state index >= 15 is 0 Å². The van der Waals surface area contributed by atoms with Gasteiger partial charge in [0.05, 0.1) is 6.10 Å². The van der Waals surface area contributed by atoms with Gasteiger partial charge in [0, 0.05) is 25.9 Å². The molecule has 1 rings (SSSR count). The van der Waals surface area contributed by atoms with E-state index in [4.69, 9.17) is 5.11 Å². The number of carboxylic acids is 1. The SMILES string of the molecule is O=C(O)CCCCC(=O)N1CC[C@@H](O)C1. The summed E-state index contributed by atoms with van der Waals surface area (Å²) in [5.41, 5.74) is 0. The predicted molar refractivity (Wildman–Crippen MR) is 53.3 cm³/mol. The number of nitrogens with zero attached hydrogens (tertiary/aromatic N) is 1. The fourth-order valence-corrected chi connectivity index (χ4v) is 1.68. The minimum atomic E-state index is -0.820. The first-order valence-corrected chi connectivity index (χ1v) is 5.27. The Labute approximate surface area is 88.7 Å². The minimum Gasteiger partial charge on any atom is -0.481 e. The number of aliphatic hydroxyl groups is 1. The maximum atomic E-state index is 11.5. The van der Waals surface area contributed by atoms with Gasteiger partial charge in [-0.05, 0) is 19.3 Å². The third kappa shape index (κ3) is 4.29. The highest BCUT2D eigenvalue weighted by molar-refractivity contribution is 5.76. The van der Waals surface area contributed by atoms with Gasteiger partial charge in [-0.15, -0.1) is 0 Å². The van der Waals surface area contributed by atoms with Gasteiger partial charge in [-0.2, -0.15) is 0 Å². The Kier molecular flexibility index (Phi) is 4.55. The van der Waals surface area contributed by atoms with Gasteiger partial charge in [-0.1, -0.05) is 0 Å². The highest BCUT2D eigenvalue weighted by atomic mass is 16.4. The topological polar surface area (TPSA) is 77.8 Å². The largest absolute Gasteiger partial charge is 0.481 e. The number of aliphatic hydroxyl groups excluding tert-OH is 1. The van der Waals surface area contributed by atoms with Crippen LogP contribution in [0, 0.1) is 0 Å². The summed E-state index contributed by atoms with van der Waals surface area (Å²) in [6, 6.07) is 0. The van der Waals surface area contributed by atoms with Crippen LogP contribution in [0.3, 0.4) is 0 Å². The van der Waals surface area contributed by atoms with Gasteiger partial charge in [-0.25, -0.2) is 0 Å². The van der Waals surface area contributed by atoms with Crippen molar-refractivity contribution in [3.63, 3.8) is 0 Å². The molecule has 0 aliphatic carbocycles. The number of likely N-dealkylation sites (tertiary alicyclic amines) is 1. The van der Waals surface area contributed by atoms with Crippen LogP contribution >= 0.6 is 0 Å². The number of rotatable bonds is 5. The van der Waals surface area contributed by atoms with Crippen molar-refractivity contribution in [2.24, 2.45) is 0 Å². The highest BCUT2D eigenvalue weighted by Crippen LogP contribution is 2.11. The van der Waals surface area contributed by atoms with Crippen LogP contribution in [0.2, 0.25) is 0 Å². The van der Waals surface area contributed by atoms with Crippen molar-refractivity contribution in [2.45, 2.75) is 38.2 Å². The number of carbonyl (C=O) groups is 2. The van der Waals surface area contributed by atoms with Crippen molar-refractivity contribution in [3.05, 3.63) is 0 Å². The lowest BCUT2D eigenvalue weighted by atomic mass is 10.2. The molecule has 0 saturated carbocycles. The highest BCUT2D eigenvalue weighted by Gasteiger charge is 2.23. The number of unbranched alkanes of at least 4 members (excludes halogenated alkanes) is 1. The standard InChI is InChI=1S/C10H17NO4/c12-8-5-6-11(7-8)9(13)3-1-2-4-10(14)15/h8,12H,1-7H2,(H,14,15)/t8-/m1/s1. The van der Waals surface area contributed by atoms with E-state index in [-0.39, 0.29) is 18.4 Å². The molecule has 0 radical (unpaired) electrons. The van der Waals surface area contributed by atoms with Crippen molar-refractivity contribution < 1.29 is 19.8 Å². The number of aliphatic carboxylic acids is 1. The van der Waals surface area contributed by atoms with Crippen LogP contribution < -0.4 is 0 Å². The van der Waals surface area contributed by atoms with Gasteiger partial charge in [-0.3, -0.25) is 9.59 Å². The van der Waals surface area contributed by atoms with Crippen molar-refractivity contribution in [1.82, 2.24) is 4.90 Å². The summed E-state index contributed by atoms with van der Waals surface area (Å²) in [6.07, 6.45) is 1.93. The number of carbonyl (C=O) groups excluding carboxylic acids is 1. The molecule has 0 spiro atoms. The van der Waals surface area contributed by atoms with E-state index in [1.807, 2.05) is 0 Å². The first-order chi connectivity index (χ1) is 7.09. The van der Waals surface area contributed by atoms with Crippen LogP contribution in [0.25, 0.3) is 0 Å². The molecule has 15 heavy (non-hydrogen) atoms. The lowest BCUT2D eigenvalue weighted by Gasteiger charge is -2.14. The Morgan fingerprint density at radius 3 is 2.47 bits per heavy atom. The van der Waals surface area contributed by atoms with Crippen molar-refractivity contribution in [2.75, 3.05) is 13.1 Å². The molecule has 5 heteroatoms. The fraction of sp³-hybridized carbons (Fsp3) is 0.800. The Morgan fingerprint density at radius 2 is 1.93 bits per heavy atom. The van der Waals surface area contributed by atoms with E-state index < -0.39 is 5.97 Å². The fourth-order valence-electron chi connectivity index (χ4n) is 1.68. The molecule has 1 amide bonds. The Morgan fingerprint density at radius 1 is 1.27 bits per heavy atom. The molecule has 0 aromatic rings. The zero-order valence-electron chi connectivity index (χ0n) is 8.69. The number of carboxylic acid groups (broad SMARTS) is 1. The van der Waals surface area contributed by atoms with Crippen LogP contribution in [0.4, 0.5) is 0 Å². The second kappa shape index (κ2) is 5.70. The normalized spacial score (nSPS) is 20.6. The number of hydrogen-bond donors (Lipinski definition) is 2. The van der Waals surface area contributed by atoms with E-state index in [0.29, 0.717) is 38.8 Å². The van der Waals surface area contributed by atoms with E-state index in [2.05, 4.69) is 0 Å². The average Bonchev–Trinajstić information content (AvgIpc) is 2.59. The Bertz CT molecular complexity index is 242. The van der Waals surface area contributed by atoms with Gasteiger partial charge < -0.3 is 15.1 Å². The summed E-state index contributed by atoms with van der Waals surface area (Å²) < 4.78 is 0. The molecule has 86 valence electrons. The van der Waals surface area contributed by atoms with Crippen LogP contribution in [0.5, 0.6) is 0 Å². The second-order valence-corrected chi connectivity index (χ2v) is 3.88. The quantitative estimate of drug-likeness (QED) is 0.643. The van der Waals surface area contributed by atoms with E-state index in [0.717, 1.165) is 0 Å². The summed E-state index contributed by atoms with van der Waals surface area (Å²) in [6.45, 7) is 1.05. The first-order valence-electron chi connectivity index (χ1n) is 5.27. The third-order valence-electron chi connectivity index (χ3n) is 2.55. The molecule has 5 nitrogen and oxygen atoms in total. The van der Waals surface area contributed by atoms with E-state index in [1.54, 1.807) is 4.90 Å². The van der Waals surface area contributed by atoms with Gasteiger partial charge in [0.25, 0.3) is 0 Å². The van der Waals surface area contributed by atoms with Gasteiger partial charge >= 0.3 is 5.97 Å². The van der Waals surface area contributed by atoms with Crippen LogP contribution in [-0.2, 0) is 9.59 Å². The smallest absolute Gasteiger partial charge is 0.303 e. The van der Waals surface area contributed by atoms with Gasteiger partial charge in [0.2, 0.25) is 5.91 Å². The molecular weight excluding hydrogens is 198 g/mol. The van der Waals surface area contributed by atoms with E-state index in [9.17, 15) is 14.7 Å². The zero-order chi connectivity index (χ0) is 11.3. The molecule has 0 aromatic heterocycles.